The van der Waals surface area contributed by atoms with Gasteiger partial charge in [0.05, 0.1) is 11.4 Å². The highest BCUT2D eigenvalue weighted by molar-refractivity contribution is 7.89. The third-order valence-corrected chi connectivity index (χ3v) is 6.79. The van der Waals surface area contributed by atoms with Crippen LogP contribution in [-0.4, -0.2) is 47.1 Å². The molecule has 1 aliphatic heterocycles. The lowest BCUT2D eigenvalue weighted by molar-refractivity contribution is 0.397. The van der Waals surface area contributed by atoms with Gasteiger partial charge in [-0.25, -0.2) is 8.42 Å². The van der Waals surface area contributed by atoms with Crippen molar-refractivity contribution < 1.29 is 8.42 Å². The van der Waals surface area contributed by atoms with E-state index in [9.17, 15) is 8.42 Å². The zero-order valence-electron chi connectivity index (χ0n) is 15.5. The average molecular weight is 398 g/mol. The summed E-state index contributed by atoms with van der Waals surface area (Å²) in [4.78, 5) is 0.326. The third-order valence-electron chi connectivity index (χ3n) is 4.93. The van der Waals surface area contributed by atoms with Crippen molar-refractivity contribution in [1.82, 2.24) is 24.4 Å². The summed E-state index contributed by atoms with van der Waals surface area (Å²) in [5, 5.41) is 11.0. The number of aromatic nitrogens is 3. The summed E-state index contributed by atoms with van der Waals surface area (Å²) in [6, 6.07) is 17.1. The molecule has 3 aromatic rings. The maximum absolute atomic E-state index is 13.3. The van der Waals surface area contributed by atoms with Gasteiger partial charge >= 0.3 is 0 Å². The molecule has 7 nitrogen and oxygen atoms in total. The maximum Gasteiger partial charge on any atom is 0.243 e. The molecule has 0 spiro atoms. The minimum Gasteiger partial charge on any atom is -0.316 e. The van der Waals surface area contributed by atoms with E-state index >= 15 is 0 Å². The highest BCUT2D eigenvalue weighted by Gasteiger charge is 2.29. The van der Waals surface area contributed by atoms with Crippen LogP contribution in [0, 0.1) is 0 Å². The second kappa shape index (κ2) is 8.22. The maximum atomic E-state index is 13.3. The van der Waals surface area contributed by atoms with Gasteiger partial charge in [0.2, 0.25) is 10.0 Å². The molecule has 0 amide bonds. The van der Waals surface area contributed by atoms with Gasteiger partial charge < -0.3 is 9.88 Å². The molecular weight excluding hydrogens is 374 g/mol. The highest BCUT2D eigenvalue weighted by atomic mass is 32.2. The summed E-state index contributed by atoms with van der Waals surface area (Å²) in [5.41, 5.74) is 2.00. The molecule has 1 unspecified atom stereocenters. The monoisotopic (exact) mass is 397 g/mol. The minimum atomic E-state index is -3.57. The van der Waals surface area contributed by atoms with Gasteiger partial charge in [0.1, 0.15) is 12.7 Å². The summed E-state index contributed by atoms with van der Waals surface area (Å²) in [6.07, 6.45) is 4.02. The van der Waals surface area contributed by atoms with Crippen LogP contribution in [0.15, 0.2) is 72.1 Å². The zero-order valence-corrected chi connectivity index (χ0v) is 16.3. The molecule has 1 N–H and O–H groups in total. The fraction of sp³-hybridized carbons (Fsp3) is 0.300. The van der Waals surface area contributed by atoms with Gasteiger partial charge in [0, 0.05) is 19.1 Å². The average Bonchev–Trinajstić information content (AvgIpc) is 3.09. The standard InChI is InChI=1S/C20H23N5O2S/c26-28(27,19-9-4-6-17(12-19)13-24-15-22-23-16-24)25-11-5-10-21-20(14-25)18-7-2-1-3-8-18/h1-4,6-9,12,15-16,20-21H,5,10-11,13-14H2. The van der Waals surface area contributed by atoms with E-state index in [1.54, 1.807) is 35.2 Å². The minimum absolute atomic E-state index is 0.0151. The topological polar surface area (TPSA) is 80.1 Å². The first-order valence-electron chi connectivity index (χ1n) is 9.33. The van der Waals surface area contributed by atoms with Crippen LogP contribution in [0.2, 0.25) is 0 Å². The van der Waals surface area contributed by atoms with Crippen LogP contribution in [0.5, 0.6) is 0 Å². The van der Waals surface area contributed by atoms with E-state index in [4.69, 9.17) is 0 Å². The van der Waals surface area contributed by atoms with Crippen molar-refractivity contribution in [3.05, 3.63) is 78.4 Å². The van der Waals surface area contributed by atoms with Crippen molar-refractivity contribution >= 4 is 10.0 Å². The van der Waals surface area contributed by atoms with E-state index in [0.717, 1.165) is 24.1 Å². The fourth-order valence-electron chi connectivity index (χ4n) is 3.49. The number of nitrogens with one attached hydrogen (secondary N) is 1. The Morgan fingerprint density at radius 2 is 1.82 bits per heavy atom. The van der Waals surface area contributed by atoms with E-state index in [0.29, 0.717) is 24.5 Å². The summed E-state index contributed by atoms with van der Waals surface area (Å²) in [5.74, 6) is 0. The van der Waals surface area contributed by atoms with Crippen LogP contribution < -0.4 is 5.32 Å². The van der Waals surface area contributed by atoms with Crippen LogP contribution in [0.25, 0.3) is 0 Å². The van der Waals surface area contributed by atoms with E-state index in [-0.39, 0.29) is 6.04 Å². The third kappa shape index (κ3) is 4.14. The summed E-state index contributed by atoms with van der Waals surface area (Å²) >= 11 is 0. The molecule has 4 rings (SSSR count). The van der Waals surface area contributed by atoms with Crippen LogP contribution >= 0.6 is 0 Å². The normalized spacial score (nSPS) is 18.6. The van der Waals surface area contributed by atoms with Gasteiger partial charge in [-0.1, -0.05) is 42.5 Å². The van der Waals surface area contributed by atoms with Crippen molar-refractivity contribution in [1.29, 1.82) is 0 Å². The fourth-order valence-corrected chi connectivity index (χ4v) is 5.05. The number of hydrogen-bond donors (Lipinski definition) is 1. The van der Waals surface area contributed by atoms with Gasteiger partial charge in [-0.2, -0.15) is 4.31 Å². The van der Waals surface area contributed by atoms with Gasteiger partial charge in [0.25, 0.3) is 0 Å². The van der Waals surface area contributed by atoms with Crippen molar-refractivity contribution in [3.63, 3.8) is 0 Å². The second-order valence-electron chi connectivity index (χ2n) is 6.92. The van der Waals surface area contributed by atoms with Crippen molar-refractivity contribution in [2.24, 2.45) is 0 Å². The van der Waals surface area contributed by atoms with E-state index in [1.807, 2.05) is 41.0 Å². The lowest BCUT2D eigenvalue weighted by Crippen LogP contribution is -2.36. The predicted molar refractivity (Wildman–Crippen MR) is 106 cm³/mol. The Kier molecular flexibility index (Phi) is 5.52. The van der Waals surface area contributed by atoms with E-state index in [1.165, 1.54) is 0 Å². The van der Waals surface area contributed by atoms with Crippen LogP contribution in [0.3, 0.4) is 0 Å². The Bertz CT molecular complexity index is 1010. The summed E-state index contributed by atoms with van der Waals surface area (Å²) in [6.45, 7) is 2.25. The van der Waals surface area contributed by atoms with Crippen LogP contribution in [-0.2, 0) is 16.6 Å². The lowest BCUT2D eigenvalue weighted by atomic mass is 10.1. The van der Waals surface area contributed by atoms with E-state index < -0.39 is 10.0 Å². The highest BCUT2D eigenvalue weighted by Crippen LogP contribution is 2.23. The largest absolute Gasteiger partial charge is 0.316 e. The SMILES string of the molecule is O=S(=O)(c1cccc(Cn2cnnc2)c1)N1CCCNC(c2ccccc2)C1. The van der Waals surface area contributed by atoms with Gasteiger partial charge in [-0.3, -0.25) is 0 Å². The quantitative estimate of drug-likeness (QED) is 0.713. The van der Waals surface area contributed by atoms with Gasteiger partial charge in [-0.05, 0) is 36.2 Å². The number of rotatable bonds is 5. The molecule has 2 aromatic carbocycles. The van der Waals surface area contributed by atoms with Crippen LogP contribution in [0.1, 0.15) is 23.6 Å². The smallest absolute Gasteiger partial charge is 0.243 e. The number of sulfonamides is 1. The summed E-state index contributed by atoms with van der Waals surface area (Å²) < 4.78 is 30.1. The molecule has 8 heteroatoms. The zero-order chi connectivity index (χ0) is 19.4. The Morgan fingerprint density at radius 3 is 2.61 bits per heavy atom. The van der Waals surface area contributed by atoms with Gasteiger partial charge in [0.15, 0.2) is 0 Å². The molecule has 1 atom stereocenters. The summed E-state index contributed by atoms with van der Waals surface area (Å²) in [7, 11) is -3.57. The Balaban J connectivity index is 1.58. The second-order valence-corrected chi connectivity index (χ2v) is 8.85. The Morgan fingerprint density at radius 1 is 1.04 bits per heavy atom. The molecule has 1 aliphatic rings. The molecule has 0 saturated carbocycles. The first kappa shape index (κ1) is 18.8. The van der Waals surface area contributed by atoms with Crippen molar-refractivity contribution in [2.45, 2.75) is 23.9 Å². The number of nitrogens with zero attached hydrogens (tertiary/aromatic N) is 4. The molecule has 0 radical (unpaired) electrons. The predicted octanol–water partition coefficient (Wildman–Crippen LogP) is 2.05. The Labute approximate surface area is 165 Å². The molecule has 0 aliphatic carbocycles. The molecule has 146 valence electrons. The first-order valence-corrected chi connectivity index (χ1v) is 10.8. The Hall–Kier alpha value is -2.55. The molecule has 1 fully saturated rings. The van der Waals surface area contributed by atoms with E-state index in [2.05, 4.69) is 15.5 Å². The van der Waals surface area contributed by atoms with Crippen molar-refractivity contribution in [2.75, 3.05) is 19.6 Å². The lowest BCUT2D eigenvalue weighted by Gasteiger charge is -2.24. The van der Waals surface area contributed by atoms with Gasteiger partial charge in [-0.15, -0.1) is 10.2 Å². The molecule has 1 aromatic heterocycles. The molecule has 28 heavy (non-hydrogen) atoms. The molecule has 1 saturated heterocycles. The molecule has 0 bridgehead atoms. The van der Waals surface area contributed by atoms with Crippen LogP contribution in [0.4, 0.5) is 0 Å². The molecule has 2 heterocycles. The number of benzene rings is 2. The molecular formula is C20H23N5O2S. The first-order chi connectivity index (χ1) is 13.6. The number of hydrogen-bond acceptors (Lipinski definition) is 5. The van der Waals surface area contributed by atoms with Crippen molar-refractivity contribution in [3.8, 4) is 0 Å².